The summed E-state index contributed by atoms with van der Waals surface area (Å²) in [6.07, 6.45) is -8.23. The molecular weight excluding hydrogens is 449 g/mol. The summed E-state index contributed by atoms with van der Waals surface area (Å²) in [5.41, 5.74) is -0.236. The molecule has 0 aliphatic heterocycles. The number of rotatable bonds is 7. The molecule has 0 aromatic heterocycles. The molecule has 0 bridgehead atoms. The van der Waals surface area contributed by atoms with E-state index < -0.39 is 40.1 Å². The van der Waals surface area contributed by atoms with Gasteiger partial charge in [-0.15, -0.1) is 0 Å². The second-order valence-corrected chi connectivity index (χ2v) is 6.89. The third kappa shape index (κ3) is 7.14. The summed E-state index contributed by atoms with van der Waals surface area (Å²) < 4.78 is 77.0. The highest BCUT2D eigenvalue weighted by atomic mass is 79.9. The molecule has 1 atom stereocenters. The van der Waals surface area contributed by atoms with Gasteiger partial charge >= 0.3 is 18.1 Å². The summed E-state index contributed by atoms with van der Waals surface area (Å²) in [5.74, 6) is -4.05. The van der Waals surface area contributed by atoms with Crippen LogP contribution in [0.5, 0.6) is 5.75 Å². The minimum Gasteiger partial charge on any atom is -0.448 e. The van der Waals surface area contributed by atoms with Crippen molar-refractivity contribution in [3.63, 3.8) is 0 Å². The fourth-order valence-electron chi connectivity index (χ4n) is 1.48. The van der Waals surface area contributed by atoms with E-state index >= 15 is 0 Å². The molecule has 1 rings (SSSR count). The summed E-state index contributed by atoms with van der Waals surface area (Å²) in [7, 11) is -5.03. The molecule has 0 radical (unpaired) electrons. The summed E-state index contributed by atoms with van der Waals surface area (Å²) in [5, 5.41) is 0.169. The number of esters is 2. The highest BCUT2D eigenvalue weighted by Crippen LogP contribution is 2.25. The molecule has 7 nitrogen and oxygen atoms in total. The molecule has 0 fully saturated rings. The second-order valence-electron chi connectivity index (χ2n) is 4.84. The molecule has 26 heavy (non-hydrogen) atoms. The van der Waals surface area contributed by atoms with Gasteiger partial charge in [0, 0.05) is 10.9 Å². The molecule has 0 saturated carbocycles. The van der Waals surface area contributed by atoms with Gasteiger partial charge in [-0.1, -0.05) is 22.5 Å². The van der Waals surface area contributed by atoms with Crippen LogP contribution in [0.2, 0.25) is 0 Å². The van der Waals surface area contributed by atoms with Crippen molar-refractivity contribution in [1.29, 1.82) is 0 Å². The van der Waals surface area contributed by atoms with Gasteiger partial charge in [0.05, 0.1) is 5.56 Å². The van der Waals surface area contributed by atoms with Gasteiger partial charge in [-0.2, -0.15) is 21.6 Å². The molecule has 144 valence electrons. The molecule has 1 N–H and O–H groups in total. The van der Waals surface area contributed by atoms with Gasteiger partial charge in [0.2, 0.25) is 6.10 Å². The van der Waals surface area contributed by atoms with E-state index in [0.29, 0.717) is 0 Å². The summed E-state index contributed by atoms with van der Waals surface area (Å²) in [6.45, 7) is 3.43. The van der Waals surface area contributed by atoms with Crippen LogP contribution in [0.3, 0.4) is 0 Å². The van der Waals surface area contributed by atoms with Crippen LogP contribution in [0.4, 0.5) is 13.2 Å². The Balaban J connectivity index is 2.86. The van der Waals surface area contributed by atoms with E-state index in [0.717, 1.165) is 24.3 Å². The van der Waals surface area contributed by atoms with Crippen molar-refractivity contribution in [3.05, 3.63) is 42.0 Å². The lowest BCUT2D eigenvalue weighted by molar-refractivity contribution is -0.197. The molecular formula is C14H12BrF3O7S. The molecule has 1 aromatic carbocycles. The topological polar surface area (TPSA) is 107 Å². The van der Waals surface area contributed by atoms with E-state index in [1.165, 1.54) is 0 Å². The third-order valence-electron chi connectivity index (χ3n) is 2.73. The fraction of sp³-hybridized carbons (Fsp3) is 0.286. The maximum atomic E-state index is 12.7. The van der Waals surface area contributed by atoms with E-state index in [2.05, 4.69) is 27.2 Å². The Labute approximate surface area is 154 Å². The van der Waals surface area contributed by atoms with E-state index in [9.17, 15) is 31.2 Å². The quantitative estimate of drug-likeness (QED) is 0.219. The van der Waals surface area contributed by atoms with Crippen LogP contribution in [0.15, 0.2) is 36.4 Å². The maximum absolute atomic E-state index is 12.7. The minimum absolute atomic E-state index is 0.000965. The van der Waals surface area contributed by atoms with Gasteiger partial charge in [-0.3, -0.25) is 4.55 Å². The number of carbonyl (C=O) groups is 2. The van der Waals surface area contributed by atoms with Gasteiger partial charge in [-0.05, 0) is 24.3 Å². The normalized spacial score (nSPS) is 13.0. The number of alkyl halides is 4. The molecule has 0 heterocycles. The Bertz CT molecular complexity index is 788. The molecule has 0 aliphatic carbocycles. The average Bonchev–Trinajstić information content (AvgIpc) is 2.51. The molecule has 1 unspecified atom stereocenters. The largest absolute Gasteiger partial charge is 0.448 e. The Kier molecular flexibility index (Phi) is 7.35. The monoisotopic (exact) mass is 460 g/mol. The smallest absolute Gasteiger partial charge is 0.426 e. The number of hydrogen-bond donors (Lipinski definition) is 1. The molecule has 0 saturated heterocycles. The zero-order valence-electron chi connectivity index (χ0n) is 12.8. The predicted molar refractivity (Wildman–Crippen MR) is 86.7 cm³/mol. The van der Waals surface area contributed by atoms with Crippen LogP contribution in [-0.4, -0.2) is 48.3 Å². The van der Waals surface area contributed by atoms with E-state index in [1.54, 1.807) is 0 Å². The van der Waals surface area contributed by atoms with Crippen LogP contribution < -0.4 is 4.74 Å². The van der Waals surface area contributed by atoms with Crippen molar-refractivity contribution < 1.29 is 45.2 Å². The molecule has 12 heteroatoms. The van der Waals surface area contributed by atoms with Crippen LogP contribution in [-0.2, 0) is 19.6 Å². The molecule has 0 amide bonds. The number of hydrogen-bond acceptors (Lipinski definition) is 6. The molecule has 0 spiro atoms. The number of benzene rings is 1. The summed E-state index contributed by atoms with van der Waals surface area (Å²) >= 11 is 3.00. The molecule has 0 aliphatic rings. The Morgan fingerprint density at radius 1 is 1.23 bits per heavy atom. The first-order chi connectivity index (χ1) is 11.8. The van der Waals surface area contributed by atoms with Crippen molar-refractivity contribution in [2.24, 2.45) is 0 Å². The zero-order valence-corrected chi connectivity index (χ0v) is 15.2. The Morgan fingerprint density at radius 3 is 2.19 bits per heavy atom. The standard InChI is InChI=1S/C14H12BrF3O7S/c1-8(6-15)12(19)24-10-4-2-9(3-5-10)13(20)25-11(14(16,17)18)7-26(21,22)23/h2-5,11H,1,6-7H2,(H,21,22,23). The van der Waals surface area contributed by atoms with E-state index in [1.807, 2.05) is 0 Å². The van der Waals surface area contributed by atoms with Crippen LogP contribution >= 0.6 is 15.9 Å². The first kappa shape index (κ1) is 22.1. The fourth-order valence-corrected chi connectivity index (χ4v) is 2.35. The maximum Gasteiger partial charge on any atom is 0.426 e. The van der Waals surface area contributed by atoms with Crippen LogP contribution in [0.25, 0.3) is 0 Å². The lowest BCUT2D eigenvalue weighted by Gasteiger charge is -2.19. The zero-order chi connectivity index (χ0) is 20.1. The number of halogens is 4. The summed E-state index contributed by atoms with van der Waals surface area (Å²) in [4.78, 5) is 23.3. The van der Waals surface area contributed by atoms with E-state index in [-0.39, 0.29) is 22.2 Å². The highest BCUT2D eigenvalue weighted by molar-refractivity contribution is 9.09. The van der Waals surface area contributed by atoms with Crippen LogP contribution in [0.1, 0.15) is 10.4 Å². The van der Waals surface area contributed by atoms with Crippen molar-refractivity contribution >= 4 is 38.0 Å². The first-order valence-corrected chi connectivity index (χ1v) is 9.35. The summed E-state index contributed by atoms with van der Waals surface area (Å²) in [6, 6.07) is 4.29. The van der Waals surface area contributed by atoms with Crippen molar-refractivity contribution in [1.82, 2.24) is 0 Å². The minimum atomic E-state index is -5.20. The number of ether oxygens (including phenoxy) is 2. The van der Waals surface area contributed by atoms with Gasteiger partial charge in [0.1, 0.15) is 11.5 Å². The Morgan fingerprint density at radius 2 is 1.77 bits per heavy atom. The van der Waals surface area contributed by atoms with Gasteiger partial charge in [0.15, 0.2) is 0 Å². The lowest BCUT2D eigenvalue weighted by atomic mass is 10.2. The predicted octanol–water partition coefficient (Wildman–Crippen LogP) is 2.52. The molecule has 1 aromatic rings. The average molecular weight is 461 g/mol. The van der Waals surface area contributed by atoms with Crippen molar-refractivity contribution in [3.8, 4) is 5.75 Å². The Hall–Kier alpha value is -1.92. The SMILES string of the molecule is C=C(CBr)C(=O)Oc1ccc(C(=O)OC(CS(=O)(=O)O)C(F)(F)F)cc1. The van der Waals surface area contributed by atoms with Crippen molar-refractivity contribution in [2.45, 2.75) is 12.3 Å². The van der Waals surface area contributed by atoms with Crippen LogP contribution in [0, 0.1) is 0 Å². The van der Waals surface area contributed by atoms with E-state index in [4.69, 9.17) is 9.29 Å². The number of carbonyl (C=O) groups excluding carboxylic acids is 2. The highest BCUT2D eigenvalue weighted by Gasteiger charge is 2.45. The van der Waals surface area contributed by atoms with Gasteiger partial charge in [-0.25, -0.2) is 9.59 Å². The van der Waals surface area contributed by atoms with Gasteiger partial charge < -0.3 is 9.47 Å². The second kappa shape index (κ2) is 8.64. The van der Waals surface area contributed by atoms with Crippen molar-refractivity contribution in [2.75, 3.05) is 11.1 Å². The van der Waals surface area contributed by atoms with Gasteiger partial charge in [0.25, 0.3) is 10.1 Å². The lowest BCUT2D eigenvalue weighted by Crippen LogP contribution is -2.39. The third-order valence-corrected chi connectivity index (χ3v) is 4.13. The first-order valence-electron chi connectivity index (χ1n) is 6.62.